The highest BCUT2D eigenvalue weighted by atomic mass is 15.1. The zero-order valence-electron chi connectivity index (χ0n) is 12.5. The Kier molecular flexibility index (Phi) is 3.07. The molecule has 2 aliphatic rings. The second-order valence-electron chi connectivity index (χ2n) is 6.50. The molecular formula is C18H24N2. The lowest BCUT2D eigenvalue weighted by molar-refractivity contribution is 0.318. The van der Waals surface area contributed by atoms with Gasteiger partial charge in [-0.3, -0.25) is 0 Å². The molecule has 0 radical (unpaired) electrons. The van der Waals surface area contributed by atoms with E-state index in [1.54, 1.807) is 27.7 Å². The van der Waals surface area contributed by atoms with Crippen molar-refractivity contribution in [3.05, 3.63) is 35.0 Å². The summed E-state index contributed by atoms with van der Waals surface area (Å²) in [5, 5.41) is 1.56. The topological polar surface area (TPSA) is 8.17 Å². The van der Waals surface area contributed by atoms with Gasteiger partial charge in [-0.2, -0.15) is 0 Å². The predicted molar refractivity (Wildman–Crippen MR) is 84.4 cm³/mol. The molecule has 1 aliphatic heterocycles. The summed E-state index contributed by atoms with van der Waals surface area (Å²) in [5.74, 6) is 0. The van der Waals surface area contributed by atoms with E-state index in [4.69, 9.17) is 0 Å². The van der Waals surface area contributed by atoms with Gasteiger partial charge in [0.2, 0.25) is 0 Å². The van der Waals surface area contributed by atoms with Crippen LogP contribution in [0.5, 0.6) is 0 Å². The molecule has 20 heavy (non-hydrogen) atoms. The van der Waals surface area contributed by atoms with Crippen molar-refractivity contribution in [3.63, 3.8) is 0 Å². The third-order valence-electron chi connectivity index (χ3n) is 5.20. The monoisotopic (exact) mass is 268 g/mol. The molecule has 0 amide bonds. The molecule has 1 aromatic carbocycles. The van der Waals surface area contributed by atoms with Gasteiger partial charge in [-0.15, -0.1) is 0 Å². The van der Waals surface area contributed by atoms with Crippen LogP contribution in [0, 0.1) is 0 Å². The molecule has 2 heteroatoms. The van der Waals surface area contributed by atoms with E-state index in [0.29, 0.717) is 0 Å². The Bertz CT molecular complexity index is 638. The lowest BCUT2D eigenvalue weighted by atomic mass is 10.0. The van der Waals surface area contributed by atoms with Crippen molar-refractivity contribution in [2.24, 2.45) is 0 Å². The van der Waals surface area contributed by atoms with Gasteiger partial charge in [0.25, 0.3) is 0 Å². The number of rotatable bonds is 0. The molecule has 0 spiro atoms. The number of aryl methyl sites for hydroxylation is 1. The van der Waals surface area contributed by atoms with Crippen LogP contribution >= 0.6 is 0 Å². The van der Waals surface area contributed by atoms with Crippen molar-refractivity contribution in [1.29, 1.82) is 0 Å². The largest absolute Gasteiger partial charge is 0.343 e. The van der Waals surface area contributed by atoms with Crippen LogP contribution in [-0.4, -0.2) is 29.6 Å². The standard InChI is InChI=1S/C18H24N2/c1-19-11-10-14-6-5-8-16-15-7-3-2-4-9-17(15)20(13-12-19)18(14)16/h5-6,8H,2-4,7,9-13H2,1H3. The first-order valence-corrected chi connectivity index (χ1v) is 8.15. The quantitative estimate of drug-likeness (QED) is 0.665. The lowest BCUT2D eigenvalue weighted by Crippen LogP contribution is -2.28. The second-order valence-corrected chi connectivity index (χ2v) is 6.50. The van der Waals surface area contributed by atoms with Crippen molar-refractivity contribution in [1.82, 2.24) is 9.47 Å². The van der Waals surface area contributed by atoms with Crippen LogP contribution in [0.25, 0.3) is 10.9 Å². The summed E-state index contributed by atoms with van der Waals surface area (Å²) >= 11 is 0. The third kappa shape index (κ3) is 1.89. The van der Waals surface area contributed by atoms with E-state index in [0.717, 1.165) is 0 Å². The summed E-state index contributed by atoms with van der Waals surface area (Å²) in [7, 11) is 2.26. The summed E-state index contributed by atoms with van der Waals surface area (Å²) in [5.41, 5.74) is 6.44. The Morgan fingerprint density at radius 1 is 0.900 bits per heavy atom. The number of hydrogen-bond acceptors (Lipinski definition) is 1. The minimum absolute atomic E-state index is 1.17. The highest BCUT2D eigenvalue weighted by Crippen LogP contribution is 2.34. The lowest BCUT2D eigenvalue weighted by Gasteiger charge is -2.23. The zero-order chi connectivity index (χ0) is 13.5. The Morgan fingerprint density at radius 2 is 1.80 bits per heavy atom. The van der Waals surface area contributed by atoms with Crippen LogP contribution in [-0.2, 0) is 25.8 Å². The molecule has 1 aromatic heterocycles. The predicted octanol–water partition coefficient (Wildman–Crippen LogP) is 3.40. The van der Waals surface area contributed by atoms with Crippen molar-refractivity contribution in [2.75, 3.05) is 20.1 Å². The van der Waals surface area contributed by atoms with Crippen LogP contribution in [0.15, 0.2) is 18.2 Å². The number of hydrogen-bond donors (Lipinski definition) is 0. The minimum Gasteiger partial charge on any atom is -0.343 e. The van der Waals surface area contributed by atoms with E-state index in [1.165, 1.54) is 58.2 Å². The van der Waals surface area contributed by atoms with Crippen LogP contribution in [0.4, 0.5) is 0 Å². The van der Waals surface area contributed by atoms with Gasteiger partial charge in [0, 0.05) is 30.7 Å². The molecule has 2 heterocycles. The van der Waals surface area contributed by atoms with Crippen molar-refractivity contribution in [3.8, 4) is 0 Å². The van der Waals surface area contributed by atoms with E-state index in [9.17, 15) is 0 Å². The van der Waals surface area contributed by atoms with E-state index in [1.807, 2.05) is 0 Å². The smallest absolute Gasteiger partial charge is 0.0518 e. The molecule has 1 aliphatic carbocycles. The Balaban J connectivity index is 1.98. The average Bonchev–Trinajstić information content (AvgIpc) is 2.62. The fraction of sp³-hybridized carbons (Fsp3) is 0.556. The number of nitrogens with zero attached hydrogens (tertiary/aromatic N) is 2. The highest BCUT2D eigenvalue weighted by Gasteiger charge is 2.21. The molecule has 0 N–H and O–H groups in total. The molecule has 0 bridgehead atoms. The third-order valence-corrected chi connectivity index (χ3v) is 5.20. The van der Waals surface area contributed by atoms with Gasteiger partial charge in [0.05, 0.1) is 5.52 Å². The summed E-state index contributed by atoms with van der Waals surface area (Å²) in [6, 6.07) is 6.98. The average molecular weight is 268 g/mol. The number of benzene rings is 1. The van der Waals surface area contributed by atoms with E-state index in [-0.39, 0.29) is 0 Å². The Hall–Kier alpha value is -1.28. The van der Waals surface area contributed by atoms with Crippen molar-refractivity contribution >= 4 is 10.9 Å². The first-order chi connectivity index (χ1) is 9.84. The van der Waals surface area contributed by atoms with Crippen LogP contribution in [0.2, 0.25) is 0 Å². The fourth-order valence-electron chi connectivity index (χ4n) is 4.09. The van der Waals surface area contributed by atoms with Gasteiger partial charge in [-0.1, -0.05) is 24.6 Å². The Labute approximate surface area is 121 Å². The SMILES string of the molecule is CN1CCc2cccc3c4c(n(c23)CC1)CCCCC4. The summed E-state index contributed by atoms with van der Waals surface area (Å²) < 4.78 is 2.67. The molecule has 106 valence electrons. The number of fused-ring (bicyclic) bond motifs is 3. The molecule has 0 atom stereocenters. The van der Waals surface area contributed by atoms with E-state index in [2.05, 4.69) is 34.7 Å². The number of aromatic nitrogens is 1. The van der Waals surface area contributed by atoms with Gasteiger partial charge in [-0.05, 0) is 50.3 Å². The van der Waals surface area contributed by atoms with Crippen molar-refractivity contribution in [2.45, 2.75) is 45.1 Å². The normalized spacial score (nSPS) is 20.2. The number of para-hydroxylation sites is 1. The van der Waals surface area contributed by atoms with Crippen LogP contribution < -0.4 is 0 Å². The highest BCUT2D eigenvalue weighted by molar-refractivity contribution is 5.88. The van der Waals surface area contributed by atoms with Gasteiger partial charge < -0.3 is 9.47 Å². The van der Waals surface area contributed by atoms with E-state index >= 15 is 0 Å². The van der Waals surface area contributed by atoms with Crippen LogP contribution in [0.3, 0.4) is 0 Å². The molecule has 2 nitrogen and oxygen atoms in total. The van der Waals surface area contributed by atoms with E-state index < -0.39 is 0 Å². The summed E-state index contributed by atoms with van der Waals surface area (Å²) in [6.45, 7) is 3.54. The zero-order valence-corrected chi connectivity index (χ0v) is 12.5. The van der Waals surface area contributed by atoms with Gasteiger partial charge in [0.15, 0.2) is 0 Å². The Morgan fingerprint density at radius 3 is 2.75 bits per heavy atom. The second kappa shape index (κ2) is 4.92. The van der Waals surface area contributed by atoms with Crippen molar-refractivity contribution < 1.29 is 0 Å². The molecule has 4 rings (SSSR count). The summed E-state index contributed by atoms with van der Waals surface area (Å²) in [6.07, 6.45) is 7.91. The van der Waals surface area contributed by atoms with Gasteiger partial charge in [-0.25, -0.2) is 0 Å². The first kappa shape index (κ1) is 12.5. The number of likely N-dealkylation sites (N-methyl/N-ethyl adjacent to an activating group) is 1. The first-order valence-electron chi connectivity index (χ1n) is 8.15. The van der Waals surface area contributed by atoms with Gasteiger partial charge >= 0.3 is 0 Å². The fourth-order valence-corrected chi connectivity index (χ4v) is 4.09. The molecule has 0 saturated carbocycles. The summed E-state index contributed by atoms with van der Waals surface area (Å²) in [4.78, 5) is 2.48. The molecule has 0 unspecified atom stereocenters. The molecule has 0 saturated heterocycles. The molecular weight excluding hydrogens is 244 g/mol. The maximum absolute atomic E-state index is 2.67. The minimum atomic E-state index is 1.17. The molecule has 0 fully saturated rings. The maximum Gasteiger partial charge on any atom is 0.0518 e. The molecule has 2 aromatic rings. The van der Waals surface area contributed by atoms with Gasteiger partial charge in [0.1, 0.15) is 0 Å². The maximum atomic E-state index is 2.67. The van der Waals surface area contributed by atoms with Crippen LogP contribution in [0.1, 0.15) is 36.1 Å².